The molecule has 0 amide bonds. The first-order chi connectivity index (χ1) is 13.9. The van der Waals surface area contributed by atoms with E-state index >= 15 is 0 Å². The normalized spacial score (nSPS) is 16.7. The van der Waals surface area contributed by atoms with Crippen molar-refractivity contribution in [2.45, 2.75) is 30.9 Å². The average molecular weight is 554 g/mol. The van der Waals surface area contributed by atoms with Gasteiger partial charge in [0, 0.05) is 37.4 Å². The van der Waals surface area contributed by atoms with Crippen molar-refractivity contribution in [2.24, 2.45) is 4.99 Å². The maximum absolute atomic E-state index is 12.6. The Labute approximate surface area is 193 Å². The summed E-state index contributed by atoms with van der Waals surface area (Å²) in [5.74, 6) is 2.16. The van der Waals surface area contributed by atoms with Gasteiger partial charge in [0.15, 0.2) is 23.2 Å². The van der Waals surface area contributed by atoms with E-state index in [4.69, 9.17) is 9.47 Å². The zero-order valence-corrected chi connectivity index (χ0v) is 19.4. The Hall–Kier alpha value is -1.76. The van der Waals surface area contributed by atoms with Crippen molar-refractivity contribution in [3.8, 4) is 11.5 Å². The average Bonchev–Trinajstić information content (AvgIpc) is 3.11. The maximum Gasteiger partial charge on any atom is 0.434 e. The minimum atomic E-state index is -4.40. The van der Waals surface area contributed by atoms with E-state index in [9.17, 15) is 13.2 Å². The number of nitrogens with zero attached hydrogens (tertiary/aromatic N) is 2. The number of fused-ring (bicyclic) bond motifs is 1. The summed E-state index contributed by atoms with van der Waals surface area (Å²) in [5.41, 5.74) is 0.404. The number of aromatic nitrogens is 1. The fourth-order valence-corrected chi connectivity index (χ4v) is 4.07. The van der Waals surface area contributed by atoms with E-state index in [0.717, 1.165) is 41.1 Å². The molecule has 0 bridgehead atoms. The van der Waals surface area contributed by atoms with E-state index in [0.29, 0.717) is 30.5 Å². The van der Waals surface area contributed by atoms with Crippen LogP contribution in [-0.2, 0) is 18.0 Å². The van der Waals surface area contributed by atoms with Crippen LogP contribution >= 0.6 is 35.3 Å². The van der Waals surface area contributed by atoms with Crippen molar-refractivity contribution in [1.82, 2.24) is 15.6 Å². The highest BCUT2D eigenvalue weighted by Gasteiger charge is 2.44. The smallest absolute Gasteiger partial charge is 0.434 e. The number of benzene rings is 1. The van der Waals surface area contributed by atoms with Gasteiger partial charge >= 0.3 is 6.18 Å². The Bertz CT molecular complexity index is 915. The Balaban J connectivity index is 0.00000256. The van der Waals surface area contributed by atoms with E-state index in [1.807, 2.05) is 12.1 Å². The molecule has 30 heavy (non-hydrogen) atoms. The van der Waals surface area contributed by atoms with Crippen LogP contribution < -0.4 is 20.1 Å². The molecule has 0 radical (unpaired) electrons. The number of rotatable bonds is 6. The summed E-state index contributed by atoms with van der Waals surface area (Å²) in [6.45, 7) is 1.41. The number of guanidine groups is 1. The predicted molar refractivity (Wildman–Crippen MR) is 119 cm³/mol. The van der Waals surface area contributed by atoms with Crippen LogP contribution in [0.25, 0.3) is 0 Å². The Morgan fingerprint density at radius 3 is 2.67 bits per heavy atom. The third-order valence-corrected chi connectivity index (χ3v) is 6.04. The van der Waals surface area contributed by atoms with Crippen molar-refractivity contribution in [3.63, 3.8) is 0 Å². The molecule has 2 aromatic rings. The molecule has 1 aliphatic carbocycles. The first-order valence-corrected chi connectivity index (χ1v) is 10.1. The van der Waals surface area contributed by atoms with Gasteiger partial charge in [0.25, 0.3) is 0 Å². The number of halogens is 4. The summed E-state index contributed by atoms with van der Waals surface area (Å²) in [6, 6.07) is 6.04. The summed E-state index contributed by atoms with van der Waals surface area (Å²) >= 11 is 1.02. The van der Waals surface area contributed by atoms with Gasteiger partial charge in [-0.2, -0.15) is 13.2 Å². The molecule has 1 aliphatic heterocycles. The van der Waals surface area contributed by atoms with Crippen LogP contribution in [0.2, 0.25) is 0 Å². The van der Waals surface area contributed by atoms with Crippen molar-refractivity contribution < 1.29 is 22.6 Å². The summed E-state index contributed by atoms with van der Waals surface area (Å²) in [5, 5.41) is 7.95. The second kappa shape index (κ2) is 9.16. The van der Waals surface area contributed by atoms with Gasteiger partial charge in [0.05, 0.1) is 5.01 Å². The second-order valence-corrected chi connectivity index (χ2v) is 8.02. The van der Waals surface area contributed by atoms with Gasteiger partial charge in [-0.05, 0) is 30.5 Å². The van der Waals surface area contributed by atoms with Crippen LogP contribution in [0, 0.1) is 0 Å². The van der Waals surface area contributed by atoms with Gasteiger partial charge in [-0.25, -0.2) is 4.98 Å². The minimum absolute atomic E-state index is 0. The number of nitrogens with one attached hydrogen (secondary N) is 2. The molecule has 0 spiro atoms. The topological polar surface area (TPSA) is 67.8 Å². The third kappa shape index (κ3) is 5.10. The van der Waals surface area contributed by atoms with Crippen LogP contribution in [0.3, 0.4) is 0 Å². The SMILES string of the molecule is CN=C(NCCc1nc(C(F)(F)F)cs1)NCC1(c2ccc3c(c2)OCO3)CC1.I. The molecule has 1 fully saturated rings. The molecule has 6 nitrogen and oxygen atoms in total. The highest BCUT2D eigenvalue weighted by Crippen LogP contribution is 2.49. The molecule has 0 saturated heterocycles. The molecule has 2 aliphatic rings. The molecule has 1 aromatic carbocycles. The lowest BCUT2D eigenvalue weighted by Crippen LogP contribution is -2.41. The molecule has 1 aromatic heterocycles. The molecule has 11 heteroatoms. The van der Waals surface area contributed by atoms with Crippen LogP contribution in [0.5, 0.6) is 11.5 Å². The zero-order valence-electron chi connectivity index (χ0n) is 16.2. The Kier molecular flexibility index (Phi) is 7.00. The van der Waals surface area contributed by atoms with Gasteiger partial charge < -0.3 is 20.1 Å². The first-order valence-electron chi connectivity index (χ1n) is 9.26. The highest BCUT2D eigenvalue weighted by molar-refractivity contribution is 14.0. The van der Waals surface area contributed by atoms with Crippen LogP contribution in [-0.4, -0.2) is 37.9 Å². The largest absolute Gasteiger partial charge is 0.454 e. The van der Waals surface area contributed by atoms with Crippen LogP contribution in [0.4, 0.5) is 13.2 Å². The van der Waals surface area contributed by atoms with Gasteiger partial charge in [-0.1, -0.05) is 6.07 Å². The van der Waals surface area contributed by atoms with Gasteiger partial charge in [-0.15, -0.1) is 35.3 Å². The van der Waals surface area contributed by atoms with Crippen LogP contribution in [0.15, 0.2) is 28.6 Å². The quantitative estimate of drug-likeness (QED) is 0.322. The molecular weight excluding hydrogens is 532 g/mol. The monoisotopic (exact) mass is 554 g/mol. The van der Waals surface area contributed by atoms with Crippen molar-refractivity contribution in [2.75, 3.05) is 26.9 Å². The Morgan fingerprint density at radius 1 is 1.23 bits per heavy atom. The van der Waals surface area contributed by atoms with E-state index in [1.165, 1.54) is 5.56 Å². The van der Waals surface area contributed by atoms with Crippen molar-refractivity contribution in [1.29, 1.82) is 0 Å². The molecule has 164 valence electrons. The van der Waals surface area contributed by atoms with E-state index in [1.54, 1.807) is 7.05 Å². The number of thiazole rings is 1. The molecule has 2 heterocycles. The summed E-state index contributed by atoms with van der Waals surface area (Å²) < 4.78 is 48.7. The van der Waals surface area contributed by atoms with Crippen molar-refractivity contribution >= 4 is 41.3 Å². The summed E-state index contributed by atoms with van der Waals surface area (Å²) in [4.78, 5) is 7.84. The number of ether oxygens (including phenoxy) is 2. The highest BCUT2D eigenvalue weighted by atomic mass is 127. The molecule has 1 saturated carbocycles. The Morgan fingerprint density at radius 2 is 2.00 bits per heavy atom. The first kappa shape index (κ1) is 22.9. The predicted octanol–water partition coefficient (Wildman–Crippen LogP) is 3.95. The number of hydrogen-bond donors (Lipinski definition) is 2. The van der Waals surface area contributed by atoms with Gasteiger partial charge in [0.1, 0.15) is 0 Å². The molecule has 0 atom stereocenters. The van der Waals surface area contributed by atoms with Crippen molar-refractivity contribution in [3.05, 3.63) is 39.8 Å². The lowest BCUT2D eigenvalue weighted by molar-refractivity contribution is -0.140. The second-order valence-electron chi connectivity index (χ2n) is 7.08. The maximum atomic E-state index is 12.6. The molecule has 4 rings (SSSR count). The molecular formula is C19H22F3IN4O2S. The van der Waals surface area contributed by atoms with E-state index in [2.05, 4.69) is 26.7 Å². The molecule has 0 unspecified atom stereocenters. The minimum Gasteiger partial charge on any atom is -0.454 e. The van der Waals surface area contributed by atoms with E-state index in [-0.39, 0.29) is 36.2 Å². The number of aliphatic imine (C=N–C) groups is 1. The van der Waals surface area contributed by atoms with Crippen LogP contribution in [0.1, 0.15) is 29.1 Å². The number of hydrogen-bond acceptors (Lipinski definition) is 5. The lowest BCUT2D eigenvalue weighted by Gasteiger charge is -2.19. The summed E-state index contributed by atoms with van der Waals surface area (Å²) in [7, 11) is 1.67. The third-order valence-electron chi connectivity index (χ3n) is 5.13. The lowest BCUT2D eigenvalue weighted by atomic mass is 9.95. The molecule has 2 N–H and O–H groups in total. The summed E-state index contributed by atoms with van der Waals surface area (Å²) in [6.07, 6.45) is -1.87. The fourth-order valence-electron chi connectivity index (χ4n) is 3.26. The van der Waals surface area contributed by atoms with E-state index < -0.39 is 11.9 Å². The van der Waals surface area contributed by atoms with Gasteiger partial charge in [0.2, 0.25) is 6.79 Å². The number of alkyl halides is 3. The standard InChI is InChI=1S/C19H21F3N4O2S.HI/c1-23-17(24-7-4-16-26-15(9-29-16)19(20,21)22)25-10-18(5-6-18)12-2-3-13-14(8-12)28-11-27-13;/h2-3,8-9H,4-7,10-11H2,1H3,(H2,23,24,25);1H. The fraction of sp³-hybridized carbons (Fsp3) is 0.474. The zero-order chi connectivity index (χ0) is 20.5. The van der Waals surface area contributed by atoms with Gasteiger partial charge in [-0.3, -0.25) is 4.99 Å².